The molecule has 1 saturated heterocycles. The molecule has 0 spiro atoms. The molecule has 1 rings (SSSR count). The lowest BCUT2D eigenvalue weighted by molar-refractivity contribution is 0.217. The van der Waals surface area contributed by atoms with Crippen LogP contribution in [0.25, 0.3) is 0 Å². The van der Waals surface area contributed by atoms with Crippen molar-refractivity contribution in [2.45, 2.75) is 45.6 Å². The van der Waals surface area contributed by atoms with Gasteiger partial charge in [0.05, 0.1) is 0 Å². The third kappa shape index (κ3) is 1.72. The maximum absolute atomic E-state index is 3.58. The predicted octanol–water partition coefficient (Wildman–Crippen LogP) is 2.17. The summed E-state index contributed by atoms with van der Waals surface area (Å²) in [6, 6.07) is 0. The van der Waals surface area contributed by atoms with Crippen LogP contribution in [0.1, 0.15) is 40.0 Å². The molecule has 0 bridgehead atoms. The minimum atomic E-state index is 0.442. The van der Waals surface area contributed by atoms with E-state index < -0.39 is 0 Å². The highest BCUT2D eigenvalue weighted by molar-refractivity contribution is 4.87. The molecule has 0 aliphatic carbocycles. The summed E-state index contributed by atoms with van der Waals surface area (Å²) in [5, 5.41) is 3.58. The van der Waals surface area contributed by atoms with Crippen LogP contribution >= 0.6 is 0 Å². The molecule has 60 valence electrons. The lowest BCUT2D eigenvalue weighted by Crippen LogP contribution is -2.47. The maximum atomic E-state index is 3.58. The Kier molecular flexibility index (Phi) is 2.35. The van der Waals surface area contributed by atoms with Crippen molar-refractivity contribution in [3.05, 3.63) is 0 Å². The van der Waals surface area contributed by atoms with Gasteiger partial charge in [0.15, 0.2) is 0 Å². The van der Waals surface area contributed by atoms with Gasteiger partial charge in [0.2, 0.25) is 0 Å². The van der Waals surface area contributed by atoms with E-state index in [1.807, 2.05) is 0 Å². The first kappa shape index (κ1) is 8.06. The van der Waals surface area contributed by atoms with Crippen LogP contribution in [-0.2, 0) is 0 Å². The molecule has 0 radical (unpaired) electrons. The zero-order chi connectivity index (χ0) is 7.61. The van der Waals surface area contributed by atoms with Crippen LogP contribution in [0.4, 0.5) is 0 Å². The number of nitrogens with one attached hydrogen (secondary N) is 1. The molecule has 1 nitrogen and oxygen atoms in total. The van der Waals surface area contributed by atoms with Gasteiger partial charge in [-0.3, -0.25) is 0 Å². The van der Waals surface area contributed by atoms with Crippen molar-refractivity contribution >= 4 is 0 Å². The summed E-state index contributed by atoms with van der Waals surface area (Å²) >= 11 is 0. The molecule has 1 fully saturated rings. The number of hydrogen-bond acceptors (Lipinski definition) is 1. The third-order valence-electron chi connectivity index (χ3n) is 2.77. The van der Waals surface area contributed by atoms with Gasteiger partial charge in [-0.2, -0.15) is 0 Å². The monoisotopic (exact) mass is 141 g/mol. The normalized spacial score (nSPS) is 41.7. The van der Waals surface area contributed by atoms with Crippen LogP contribution in [0, 0.1) is 5.92 Å². The minimum Gasteiger partial charge on any atom is -0.312 e. The van der Waals surface area contributed by atoms with E-state index in [1.165, 1.54) is 25.8 Å². The lowest BCUT2D eigenvalue weighted by Gasteiger charge is -2.37. The van der Waals surface area contributed by atoms with Crippen LogP contribution in [0.3, 0.4) is 0 Å². The molecule has 2 unspecified atom stereocenters. The Morgan fingerprint density at radius 3 is 2.70 bits per heavy atom. The molecule has 2 atom stereocenters. The molecule has 0 aromatic carbocycles. The number of rotatable bonds is 1. The third-order valence-corrected chi connectivity index (χ3v) is 2.77. The van der Waals surface area contributed by atoms with Crippen LogP contribution in [0.15, 0.2) is 0 Å². The molecule has 1 aliphatic heterocycles. The summed E-state index contributed by atoms with van der Waals surface area (Å²) in [6.07, 6.45) is 3.97. The highest BCUT2D eigenvalue weighted by Gasteiger charge is 2.27. The Bertz CT molecular complexity index is 111. The van der Waals surface area contributed by atoms with Gasteiger partial charge in [-0.05, 0) is 38.6 Å². The molecule has 1 heteroatoms. The Balaban J connectivity index is 2.45. The van der Waals surface area contributed by atoms with Gasteiger partial charge in [-0.25, -0.2) is 0 Å². The van der Waals surface area contributed by atoms with Gasteiger partial charge < -0.3 is 5.32 Å². The summed E-state index contributed by atoms with van der Waals surface area (Å²) in [6.45, 7) is 8.17. The molecular weight excluding hydrogens is 122 g/mol. The zero-order valence-corrected chi connectivity index (χ0v) is 7.41. The highest BCUT2D eigenvalue weighted by atomic mass is 15.0. The fraction of sp³-hybridized carbons (Fsp3) is 1.00. The van der Waals surface area contributed by atoms with Crippen LogP contribution in [0.2, 0.25) is 0 Å². The highest BCUT2D eigenvalue weighted by Crippen LogP contribution is 2.25. The zero-order valence-electron chi connectivity index (χ0n) is 7.41. The average molecular weight is 141 g/mol. The number of piperidine rings is 1. The van der Waals surface area contributed by atoms with E-state index in [0.717, 1.165) is 5.92 Å². The lowest BCUT2D eigenvalue weighted by atomic mass is 9.83. The van der Waals surface area contributed by atoms with E-state index in [-0.39, 0.29) is 0 Å². The summed E-state index contributed by atoms with van der Waals surface area (Å²) in [5.74, 6) is 0.922. The van der Waals surface area contributed by atoms with Gasteiger partial charge in [-0.1, -0.05) is 13.8 Å². The van der Waals surface area contributed by atoms with Gasteiger partial charge in [0, 0.05) is 5.54 Å². The van der Waals surface area contributed by atoms with E-state index >= 15 is 0 Å². The van der Waals surface area contributed by atoms with Crippen molar-refractivity contribution in [3.8, 4) is 0 Å². The molecule has 1 N–H and O–H groups in total. The Hall–Kier alpha value is -0.0400. The fourth-order valence-corrected chi connectivity index (χ4v) is 1.83. The first-order valence-corrected chi connectivity index (χ1v) is 4.41. The van der Waals surface area contributed by atoms with Crippen molar-refractivity contribution in [3.63, 3.8) is 0 Å². The standard InChI is InChI=1S/C9H19N/c1-4-9(3)7-8(2)5-6-10-9/h8,10H,4-7H2,1-3H3. The van der Waals surface area contributed by atoms with Gasteiger partial charge >= 0.3 is 0 Å². The Labute approximate surface area is 64.2 Å². The molecule has 0 aromatic heterocycles. The quantitative estimate of drug-likeness (QED) is 0.590. The molecule has 1 heterocycles. The second-order valence-corrected chi connectivity index (χ2v) is 3.94. The first-order chi connectivity index (χ1) is 4.66. The molecule has 1 aliphatic rings. The average Bonchev–Trinajstić information content (AvgIpc) is 1.88. The van der Waals surface area contributed by atoms with Crippen molar-refractivity contribution < 1.29 is 0 Å². The van der Waals surface area contributed by atoms with Crippen molar-refractivity contribution in [1.29, 1.82) is 0 Å². The maximum Gasteiger partial charge on any atom is 0.0153 e. The molecule has 0 aromatic rings. The van der Waals surface area contributed by atoms with Crippen molar-refractivity contribution in [2.75, 3.05) is 6.54 Å². The van der Waals surface area contributed by atoms with Gasteiger partial charge in [0.25, 0.3) is 0 Å². The number of hydrogen-bond donors (Lipinski definition) is 1. The van der Waals surface area contributed by atoms with Crippen LogP contribution in [0.5, 0.6) is 0 Å². The second kappa shape index (κ2) is 2.91. The summed E-state index contributed by atoms with van der Waals surface area (Å²) in [7, 11) is 0. The van der Waals surface area contributed by atoms with Gasteiger partial charge in [0.1, 0.15) is 0 Å². The van der Waals surface area contributed by atoms with Gasteiger partial charge in [-0.15, -0.1) is 0 Å². The second-order valence-electron chi connectivity index (χ2n) is 3.94. The Morgan fingerprint density at radius 2 is 2.30 bits per heavy atom. The summed E-state index contributed by atoms with van der Waals surface area (Å²) in [4.78, 5) is 0. The SMILES string of the molecule is CCC1(C)CC(C)CCN1. The largest absolute Gasteiger partial charge is 0.312 e. The van der Waals surface area contributed by atoms with E-state index in [4.69, 9.17) is 0 Å². The molecular formula is C9H19N. The fourth-order valence-electron chi connectivity index (χ4n) is 1.83. The predicted molar refractivity (Wildman–Crippen MR) is 45.1 cm³/mol. The van der Waals surface area contributed by atoms with Crippen LogP contribution in [-0.4, -0.2) is 12.1 Å². The molecule has 10 heavy (non-hydrogen) atoms. The van der Waals surface area contributed by atoms with E-state index in [2.05, 4.69) is 26.1 Å². The first-order valence-electron chi connectivity index (χ1n) is 4.41. The van der Waals surface area contributed by atoms with Crippen LogP contribution < -0.4 is 5.32 Å². The summed E-state index contributed by atoms with van der Waals surface area (Å²) in [5.41, 5.74) is 0.442. The van der Waals surface area contributed by atoms with Crippen molar-refractivity contribution in [1.82, 2.24) is 5.32 Å². The Morgan fingerprint density at radius 1 is 1.60 bits per heavy atom. The van der Waals surface area contributed by atoms with E-state index in [9.17, 15) is 0 Å². The smallest absolute Gasteiger partial charge is 0.0153 e. The van der Waals surface area contributed by atoms with Crippen molar-refractivity contribution in [2.24, 2.45) is 5.92 Å². The topological polar surface area (TPSA) is 12.0 Å². The molecule has 0 amide bonds. The van der Waals surface area contributed by atoms with E-state index in [0.29, 0.717) is 5.54 Å². The minimum absolute atomic E-state index is 0.442. The molecule has 0 saturated carbocycles. The summed E-state index contributed by atoms with van der Waals surface area (Å²) < 4.78 is 0. The van der Waals surface area contributed by atoms with E-state index in [1.54, 1.807) is 0 Å².